The van der Waals surface area contributed by atoms with Crippen LogP contribution < -0.4 is 5.32 Å². The van der Waals surface area contributed by atoms with Crippen LogP contribution in [0.5, 0.6) is 0 Å². The molecule has 3 nitrogen and oxygen atoms in total. The number of aryl methyl sites for hydroxylation is 1. The van der Waals surface area contributed by atoms with Crippen LogP contribution in [0.3, 0.4) is 0 Å². The lowest BCUT2D eigenvalue weighted by molar-refractivity contribution is -0.131. The van der Waals surface area contributed by atoms with Crippen molar-refractivity contribution in [2.75, 3.05) is 26.2 Å². The van der Waals surface area contributed by atoms with E-state index in [2.05, 4.69) is 5.32 Å². The molecule has 1 aromatic carbocycles. The van der Waals surface area contributed by atoms with Crippen LogP contribution >= 0.6 is 11.6 Å². The number of piperazine rings is 1. The van der Waals surface area contributed by atoms with Crippen LogP contribution in [0.1, 0.15) is 12.0 Å². The largest absolute Gasteiger partial charge is 0.340 e. The Morgan fingerprint density at radius 1 is 1.39 bits per heavy atom. The summed E-state index contributed by atoms with van der Waals surface area (Å²) < 4.78 is 13.1. The molecule has 0 atom stereocenters. The molecule has 5 heteroatoms. The molecular weight excluding hydrogens is 255 g/mol. The highest BCUT2D eigenvalue weighted by Crippen LogP contribution is 2.19. The maximum absolute atomic E-state index is 13.1. The predicted molar refractivity (Wildman–Crippen MR) is 69.2 cm³/mol. The van der Waals surface area contributed by atoms with Crippen LogP contribution in [0.2, 0.25) is 5.02 Å². The molecule has 1 aromatic rings. The molecule has 0 spiro atoms. The molecule has 98 valence electrons. The molecule has 1 aliphatic heterocycles. The lowest BCUT2D eigenvalue weighted by atomic mass is 10.1. The van der Waals surface area contributed by atoms with Gasteiger partial charge in [0.25, 0.3) is 0 Å². The molecule has 0 saturated carbocycles. The quantitative estimate of drug-likeness (QED) is 0.909. The molecule has 1 amide bonds. The second kappa shape index (κ2) is 6.16. The van der Waals surface area contributed by atoms with Gasteiger partial charge in [-0.3, -0.25) is 4.79 Å². The first-order valence-electron chi connectivity index (χ1n) is 6.09. The summed E-state index contributed by atoms with van der Waals surface area (Å²) in [4.78, 5) is 13.8. The summed E-state index contributed by atoms with van der Waals surface area (Å²) in [5.74, 6) is -0.208. The monoisotopic (exact) mass is 270 g/mol. The number of carbonyl (C=O) groups is 1. The van der Waals surface area contributed by atoms with Crippen molar-refractivity contribution >= 4 is 17.5 Å². The lowest BCUT2D eigenvalue weighted by Crippen LogP contribution is -2.46. The van der Waals surface area contributed by atoms with E-state index in [1.165, 1.54) is 18.2 Å². The smallest absolute Gasteiger partial charge is 0.222 e. The number of rotatable bonds is 3. The Kier molecular flexibility index (Phi) is 4.55. The Morgan fingerprint density at radius 2 is 2.11 bits per heavy atom. The van der Waals surface area contributed by atoms with Gasteiger partial charge in [0.05, 0.1) is 0 Å². The number of nitrogens with zero attached hydrogens (tertiary/aromatic N) is 1. The lowest BCUT2D eigenvalue weighted by Gasteiger charge is -2.27. The molecule has 1 N–H and O–H groups in total. The molecule has 0 aliphatic carbocycles. The van der Waals surface area contributed by atoms with Gasteiger partial charge in [-0.25, -0.2) is 4.39 Å². The zero-order chi connectivity index (χ0) is 13.0. The average molecular weight is 271 g/mol. The SMILES string of the molecule is O=C(CCc1cc(F)ccc1Cl)N1CCNCC1. The van der Waals surface area contributed by atoms with Gasteiger partial charge in [0.15, 0.2) is 0 Å². The van der Waals surface area contributed by atoms with Crippen LogP contribution in [0.25, 0.3) is 0 Å². The second-order valence-electron chi connectivity index (χ2n) is 4.37. The van der Waals surface area contributed by atoms with Gasteiger partial charge in [-0.2, -0.15) is 0 Å². The number of amides is 1. The molecule has 1 heterocycles. The fraction of sp³-hybridized carbons (Fsp3) is 0.462. The van der Waals surface area contributed by atoms with Gasteiger partial charge in [-0.15, -0.1) is 0 Å². The Labute approximate surface area is 111 Å². The maximum Gasteiger partial charge on any atom is 0.222 e. The summed E-state index contributed by atoms with van der Waals surface area (Å²) in [6, 6.07) is 4.25. The highest BCUT2D eigenvalue weighted by molar-refractivity contribution is 6.31. The number of carbonyl (C=O) groups excluding carboxylic acids is 1. The summed E-state index contributed by atoms with van der Waals surface area (Å²) in [5, 5.41) is 3.71. The maximum atomic E-state index is 13.1. The van der Waals surface area contributed by atoms with Gasteiger partial charge in [0.2, 0.25) is 5.91 Å². The van der Waals surface area contributed by atoms with Gasteiger partial charge < -0.3 is 10.2 Å². The molecule has 1 saturated heterocycles. The van der Waals surface area contributed by atoms with Crippen molar-refractivity contribution in [3.63, 3.8) is 0 Å². The van der Waals surface area contributed by atoms with Gasteiger partial charge >= 0.3 is 0 Å². The summed E-state index contributed by atoms with van der Waals surface area (Å²) in [6.45, 7) is 3.17. The van der Waals surface area contributed by atoms with E-state index >= 15 is 0 Å². The highest BCUT2D eigenvalue weighted by Gasteiger charge is 2.16. The summed E-state index contributed by atoms with van der Waals surface area (Å²) in [5.41, 5.74) is 0.695. The minimum absolute atomic E-state index is 0.108. The minimum atomic E-state index is -0.316. The normalized spacial score (nSPS) is 15.8. The molecule has 0 radical (unpaired) electrons. The molecule has 1 aliphatic rings. The first-order chi connectivity index (χ1) is 8.66. The van der Waals surface area contributed by atoms with E-state index in [0.717, 1.165) is 26.2 Å². The fourth-order valence-corrected chi connectivity index (χ4v) is 2.26. The summed E-state index contributed by atoms with van der Waals surface area (Å²) >= 11 is 5.96. The van der Waals surface area contributed by atoms with Crippen LogP contribution in [0.4, 0.5) is 4.39 Å². The zero-order valence-electron chi connectivity index (χ0n) is 10.1. The summed E-state index contributed by atoms with van der Waals surface area (Å²) in [7, 11) is 0. The molecular formula is C13H16ClFN2O. The van der Waals surface area contributed by atoms with Crippen molar-refractivity contribution in [3.8, 4) is 0 Å². The van der Waals surface area contributed by atoms with Crippen LogP contribution in [0, 0.1) is 5.82 Å². The van der Waals surface area contributed by atoms with Gasteiger partial charge in [-0.1, -0.05) is 11.6 Å². The fourth-order valence-electron chi connectivity index (χ4n) is 2.05. The van der Waals surface area contributed by atoms with E-state index in [1.54, 1.807) is 0 Å². The van der Waals surface area contributed by atoms with E-state index in [4.69, 9.17) is 11.6 Å². The van der Waals surface area contributed by atoms with Gasteiger partial charge in [-0.05, 0) is 30.2 Å². The van der Waals surface area contributed by atoms with Crippen molar-refractivity contribution in [1.29, 1.82) is 0 Å². The van der Waals surface area contributed by atoms with Crippen molar-refractivity contribution in [2.24, 2.45) is 0 Å². The van der Waals surface area contributed by atoms with E-state index in [0.29, 0.717) is 23.4 Å². The van der Waals surface area contributed by atoms with Crippen molar-refractivity contribution < 1.29 is 9.18 Å². The zero-order valence-corrected chi connectivity index (χ0v) is 10.8. The molecule has 0 unspecified atom stereocenters. The first kappa shape index (κ1) is 13.3. The average Bonchev–Trinajstić information content (AvgIpc) is 2.40. The Bertz CT molecular complexity index is 433. The third-order valence-corrected chi connectivity index (χ3v) is 3.45. The number of nitrogens with one attached hydrogen (secondary N) is 1. The highest BCUT2D eigenvalue weighted by atomic mass is 35.5. The molecule has 2 rings (SSSR count). The molecule has 1 fully saturated rings. The van der Waals surface area contributed by atoms with E-state index < -0.39 is 0 Å². The van der Waals surface area contributed by atoms with Gasteiger partial charge in [0, 0.05) is 37.6 Å². The van der Waals surface area contributed by atoms with Crippen molar-refractivity contribution in [3.05, 3.63) is 34.6 Å². The standard InChI is InChI=1S/C13H16ClFN2O/c14-12-3-2-11(15)9-10(12)1-4-13(18)17-7-5-16-6-8-17/h2-3,9,16H,1,4-8H2. The Balaban J connectivity index is 1.90. The van der Waals surface area contributed by atoms with Crippen molar-refractivity contribution in [2.45, 2.75) is 12.8 Å². The number of hydrogen-bond donors (Lipinski definition) is 1. The third kappa shape index (κ3) is 3.43. The van der Waals surface area contributed by atoms with Crippen LogP contribution in [-0.2, 0) is 11.2 Å². The topological polar surface area (TPSA) is 32.3 Å². The second-order valence-corrected chi connectivity index (χ2v) is 4.77. The van der Waals surface area contributed by atoms with Gasteiger partial charge in [0.1, 0.15) is 5.82 Å². The Hall–Kier alpha value is -1.13. The summed E-state index contributed by atoms with van der Waals surface area (Å²) in [6.07, 6.45) is 0.864. The Morgan fingerprint density at radius 3 is 2.83 bits per heavy atom. The number of halogens is 2. The van der Waals surface area contributed by atoms with E-state index in [1.807, 2.05) is 4.90 Å². The van der Waals surface area contributed by atoms with E-state index in [9.17, 15) is 9.18 Å². The molecule has 18 heavy (non-hydrogen) atoms. The third-order valence-electron chi connectivity index (χ3n) is 3.09. The first-order valence-corrected chi connectivity index (χ1v) is 6.47. The van der Waals surface area contributed by atoms with Crippen LogP contribution in [0.15, 0.2) is 18.2 Å². The molecule has 0 aromatic heterocycles. The molecule has 0 bridgehead atoms. The van der Waals surface area contributed by atoms with E-state index in [-0.39, 0.29) is 11.7 Å². The van der Waals surface area contributed by atoms with Crippen LogP contribution in [-0.4, -0.2) is 37.0 Å². The number of benzene rings is 1. The predicted octanol–water partition coefficient (Wildman–Crippen LogP) is 1.84. The van der Waals surface area contributed by atoms with Crippen molar-refractivity contribution in [1.82, 2.24) is 10.2 Å². The minimum Gasteiger partial charge on any atom is -0.340 e. The number of hydrogen-bond acceptors (Lipinski definition) is 2.